The van der Waals surface area contributed by atoms with Crippen molar-refractivity contribution in [3.63, 3.8) is 0 Å². The van der Waals surface area contributed by atoms with Gasteiger partial charge < -0.3 is 0 Å². The average molecular weight is 778 g/mol. The van der Waals surface area contributed by atoms with Gasteiger partial charge in [0.2, 0.25) is 0 Å². The van der Waals surface area contributed by atoms with Crippen LogP contribution in [0, 0.1) is 41.5 Å². The molecule has 4 aliphatic rings. The van der Waals surface area contributed by atoms with E-state index in [9.17, 15) is 0 Å². The predicted molar refractivity (Wildman–Crippen MR) is 220 cm³/mol. The van der Waals surface area contributed by atoms with Gasteiger partial charge in [-0.3, -0.25) is 0 Å². The molecule has 3 aromatic carbocycles. The minimum absolute atomic E-state index is 0.0911. The predicted octanol–water partition coefficient (Wildman–Crippen LogP) is 12.4. The van der Waals surface area contributed by atoms with Crippen molar-refractivity contribution in [2.24, 2.45) is 0 Å². The molecule has 0 N–H and O–H groups in total. The molecule has 3 saturated carbocycles. The van der Waals surface area contributed by atoms with Gasteiger partial charge in [-0.05, 0) is 55.5 Å². The van der Waals surface area contributed by atoms with Gasteiger partial charge in [-0.25, -0.2) is 0 Å². The SMILES string of the molecule is C1CCC(P(C2CCCCC2)C2CCCCC2)CC1.Cc1cc(C)c(N2CCN(c3c(C)cc(C)cc3C)[C]2=[Ru]=[CH]c2ccccc2)c(C)c1. The van der Waals surface area contributed by atoms with Crippen LogP contribution in [0.2, 0.25) is 0 Å². The average Bonchev–Trinajstić information content (AvgIpc) is 3.51. The summed E-state index contributed by atoms with van der Waals surface area (Å²) in [5.74, 6) is 0. The molecule has 50 heavy (non-hydrogen) atoms. The normalized spacial score (nSPS) is 19.5. The van der Waals surface area contributed by atoms with Crippen molar-refractivity contribution in [3.8, 4) is 0 Å². The van der Waals surface area contributed by atoms with Crippen molar-refractivity contribution in [1.29, 1.82) is 0 Å². The van der Waals surface area contributed by atoms with Crippen LogP contribution in [-0.4, -0.2) is 39.0 Å². The van der Waals surface area contributed by atoms with Gasteiger partial charge in [-0.2, -0.15) is 0 Å². The first-order chi connectivity index (χ1) is 24.3. The molecule has 7 rings (SSSR count). The van der Waals surface area contributed by atoms with Gasteiger partial charge in [-0.15, -0.1) is 0 Å². The number of hydrogen-bond acceptors (Lipinski definition) is 2. The topological polar surface area (TPSA) is 6.48 Å². The molecular formula is C46H65N2PRu. The van der Waals surface area contributed by atoms with Crippen LogP contribution in [-0.2, 0) is 16.2 Å². The molecule has 272 valence electrons. The maximum atomic E-state index is 2.60. The Hall–Kier alpha value is -1.95. The zero-order valence-corrected chi connectivity index (χ0v) is 34.9. The Balaban J connectivity index is 0.000000194. The zero-order valence-electron chi connectivity index (χ0n) is 32.2. The molecule has 0 atom stereocenters. The summed E-state index contributed by atoms with van der Waals surface area (Å²) in [5, 5.41) is 0. The number of hydrogen-bond donors (Lipinski definition) is 0. The molecular weight excluding hydrogens is 713 g/mol. The summed E-state index contributed by atoms with van der Waals surface area (Å²) >= 11 is -0.0911. The Labute approximate surface area is 314 Å². The summed E-state index contributed by atoms with van der Waals surface area (Å²) in [7, 11) is 0.385. The van der Waals surface area contributed by atoms with Crippen LogP contribution in [0.25, 0.3) is 0 Å². The van der Waals surface area contributed by atoms with E-state index in [0.29, 0.717) is 7.92 Å². The van der Waals surface area contributed by atoms with Crippen LogP contribution >= 0.6 is 7.92 Å². The molecule has 0 bridgehead atoms. The van der Waals surface area contributed by atoms with E-state index >= 15 is 0 Å². The molecule has 1 saturated heterocycles. The first kappa shape index (κ1) is 37.8. The molecule has 4 heteroatoms. The van der Waals surface area contributed by atoms with Gasteiger partial charge >= 0.3 is 195 Å². The fourth-order valence-corrected chi connectivity index (χ4v) is 16.7. The van der Waals surface area contributed by atoms with E-state index in [-0.39, 0.29) is 16.2 Å². The summed E-state index contributed by atoms with van der Waals surface area (Å²) < 4.78 is 3.91. The third-order valence-corrected chi connectivity index (χ3v) is 18.1. The van der Waals surface area contributed by atoms with Crippen molar-refractivity contribution in [3.05, 3.63) is 93.5 Å². The molecule has 4 fully saturated rings. The van der Waals surface area contributed by atoms with Crippen LogP contribution in [0.1, 0.15) is 135 Å². The second-order valence-electron chi connectivity index (χ2n) is 16.0. The fraction of sp³-hybridized carbons (Fsp3) is 0.565. The monoisotopic (exact) mass is 778 g/mol. The van der Waals surface area contributed by atoms with Gasteiger partial charge in [0.1, 0.15) is 0 Å². The standard InChI is InChI=1S/C21H26N2.C18H33P.C7H6.Ru/c1-14-9-16(3)20(17(4)10-14)22-7-8-23(13-22)21-18(5)11-15(2)12-19(21)6;1-4-10-16(11-5-1)19(17-12-6-2-7-13-17)18-14-8-3-9-15-18;1-7-5-3-2-4-6-7;/h9-12H,7-8H2,1-6H3;16-18H,1-15H2;1-6H;. The quantitative estimate of drug-likeness (QED) is 0.182. The van der Waals surface area contributed by atoms with Crippen LogP contribution < -0.4 is 9.80 Å². The van der Waals surface area contributed by atoms with Gasteiger partial charge in [0, 0.05) is 0 Å². The Morgan fingerprint density at radius 3 is 1.24 bits per heavy atom. The Morgan fingerprint density at radius 1 is 0.520 bits per heavy atom. The Kier molecular flexibility index (Phi) is 13.8. The summed E-state index contributed by atoms with van der Waals surface area (Å²) in [6.07, 6.45) is 23.6. The van der Waals surface area contributed by atoms with Gasteiger partial charge in [0.15, 0.2) is 0 Å². The minimum atomic E-state index is -0.0911. The number of anilines is 2. The van der Waals surface area contributed by atoms with Crippen molar-refractivity contribution >= 4 is 28.3 Å². The van der Waals surface area contributed by atoms with Crippen molar-refractivity contribution in [2.75, 3.05) is 22.9 Å². The molecule has 1 heterocycles. The van der Waals surface area contributed by atoms with Gasteiger partial charge in [-0.1, -0.05) is 65.7 Å². The molecule has 0 aromatic heterocycles. The van der Waals surface area contributed by atoms with E-state index in [2.05, 4.69) is 111 Å². The summed E-state index contributed by atoms with van der Waals surface area (Å²) in [5.41, 5.74) is 15.8. The molecule has 2 nitrogen and oxygen atoms in total. The molecule has 0 radical (unpaired) electrons. The van der Waals surface area contributed by atoms with E-state index in [4.69, 9.17) is 0 Å². The van der Waals surface area contributed by atoms with Crippen molar-refractivity contribution in [1.82, 2.24) is 0 Å². The summed E-state index contributed by atoms with van der Waals surface area (Å²) in [6, 6.07) is 20.1. The third-order valence-electron chi connectivity index (χ3n) is 11.8. The first-order valence-electron chi connectivity index (χ1n) is 20.1. The van der Waals surface area contributed by atoms with E-state index in [1.165, 1.54) is 90.9 Å². The number of benzene rings is 3. The molecule has 3 aromatic rings. The van der Waals surface area contributed by atoms with E-state index in [1.807, 2.05) is 0 Å². The summed E-state index contributed by atoms with van der Waals surface area (Å²) in [4.78, 5) is 5.20. The number of aryl methyl sites for hydroxylation is 6. The molecule has 0 spiro atoms. The van der Waals surface area contributed by atoms with Crippen LogP contribution in [0.3, 0.4) is 0 Å². The van der Waals surface area contributed by atoms with Crippen molar-refractivity contribution < 1.29 is 16.2 Å². The third kappa shape index (κ3) is 9.34. The molecule has 1 aliphatic heterocycles. The zero-order chi connectivity index (χ0) is 35.0. The molecule has 0 amide bonds. The van der Waals surface area contributed by atoms with Gasteiger partial charge in [0.25, 0.3) is 0 Å². The van der Waals surface area contributed by atoms with E-state index in [1.54, 1.807) is 77.0 Å². The van der Waals surface area contributed by atoms with Crippen LogP contribution in [0.4, 0.5) is 11.4 Å². The van der Waals surface area contributed by atoms with Crippen LogP contribution in [0.15, 0.2) is 54.6 Å². The Morgan fingerprint density at radius 2 is 0.880 bits per heavy atom. The second kappa shape index (κ2) is 18.2. The van der Waals surface area contributed by atoms with E-state index in [0.717, 1.165) is 13.1 Å². The number of rotatable bonds is 6. The van der Waals surface area contributed by atoms with E-state index < -0.39 is 0 Å². The first-order valence-corrected chi connectivity index (χ1v) is 23.6. The number of nitrogens with zero attached hydrogens (tertiary/aromatic N) is 2. The fourth-order valence-electron chi connectivity index (χ4n) is 9.89. The molecule has 0 unspecified atom stereocenters. The van der Waals surface area contributed by atoms with Gasteiger partial charge in [0.05, 0.1) is 0 Å². The summed E-state index contributed by atoms with van der Waals surface area (Å²) in [6.45, 7) is 15.5. The maximum absolute atomic E-state index is 2.60. The second-order valence-corrected chi connectivity index (χ2v) is 20.9. The Bertz CT molecular complexity index is 1460. The van der Waals surface area contributed by atoms with Crippen LogP contribution in [0.5, 0.6) is 0 Å². The molecule has 3 aliphatic carbocycles. The van der Waals surface area contributed by atoms with Crippen molar-refractivity contribution in [2.45, 2.75) is 155 Å².